The van der Waals surface area contributed by atoms with Crippen LogP contribution >= 0.6 is 15.9 Å². The minimum absolute atomic E-state index is 0.108. The largest absolute Gasteiger partial charge is 0.394 e. The number of halogens is 2. The van der Waals surface area contributed by atoms with E-state index in [1.165, 1.54) is 12.1 Å². The van der Waals surface area contributed by atoms with Gasteiger partial charge in [0.15, 0.2) is 0 Å². The summed E-state index contributed by atoms with van der Waals surface area (Å²) >= 11 is 3.39. The fraction of sp³-hybridized carbons (Fsp3) is 0.250. The van der Waals surface area contributed by atoms with Crippen molar-refractivity contribution < 1.29 is 9.50 Å². The molecule has 0 bridgehead atoms. The third-order valence-corrected chi connectivity index (χ3v) is 4.01. The van der Waals surface area contributed by atoms with Crippen LogP contribution in [0.5, 0.6) is 0 Å². The standard InChI is InChI=1S/C16H17BrFNO/c1-2-16(11-20,12-4-3-5-14(18)10-12)19-15-8-6-13(17)7-9-15/h3-10,19-20H,2,11H2,1H3. The molecule has 2 aromatic rings. The molecule has 2 aromatic carbocycles. The van der Waals surface area contributed by atoms with E-state index in [1.54, 1.807) is 6.07 Å². The van der Waals surface area contributed by atoms with Crippen LogP contribution in [-0.4, -0.2) is 11.7 Å². The van der Waals surface area contributed by atoms with Crippen molar-refractivity contribution in [3.8, 4) is 0 Å². The Balaban J connectivity index is 2.36. The fourth-order valence-electron chi connectivity index (χ4n) is 2.20. The van der Waals surface area contributed by atoms with E-state index in [1.807, 2.05) is 37.3 Å². The van der Waals surface area contributed by atoms with Gasteiger partial charge in [-0.2, -0.15) is 0 Å². The van der Waals surface area contributed by atoms with E-state index in [0.29, 0.717) is 6.42 Å². The Kier molecular flexibility index (Phi) is 4.78. The second kappa shape index (κ2) is 6.37. The maximum absolute atomic E-state index is 13.4. The molecule has 0 radical (unpaired) electrons. The first kappa shape index (κ1) is 15.0. The topological polar surface area (TPSA) is 32.3 Å². The molecule has 106 valence electrons. The average Bonchev–Trinajstić information content (AvgIpc) is 2.47. The predicted octanol–water partition coefficient (Wildman–Crippen LogP) is 4.30. The Labute approximate surface area is 126 Å². The molecule has 1 atom stereocenters. The molecule has 0 aliphatic heterocycles. The second-order valence-electron chi connectivity index (χ2n) is 4.74. The third kappa shape index (κ3) is 3.19. The van der Waals surface area contributed by atoms with Gasteiger partial charge in [-0.05, 0) is 48.4 Å². The molecule has 2 nitrogen and oxygen atoms in total. The average molecular weight is 338 g/mol. The number of aliphatic hydroxyl groups excluding tert-OH is 1. The molecule has 1 unspecified atom stereocenters. The fourth-order valence-corrected chi connectivity index (χ4v) is 2.47. The smallest absolute Gasteiger partial charge is 0.123 e. The number of rotatable bonds is 5. The van der Waals surface area contributed by atoms with Crippen molar-refractivity contribution in [3.05, 3.63) is 64.4 Å². The van der Waals surface area contributed by atoms with Gasteiger partial charge in [-0.25, -0.2) is 4.39 Å². The minimum atomic E-state index is -0.685. The Morgan fingerprint density at radius 2 is 1.90 bits per heavy atom. The summed E-state index contributed by atoms with van der Waals surface area (Å²) in [7, 11) is 0. The highest BCUT2D eigenvalue weighted by atomic mass is 79.9. The second-order valence-corrected chi connectivity index (χ2v) is 5.65. The van der Waals surface area contributed by atoms with Crippen molar-refractivity contribution in [1.82, 2.24) is 0 Å². The van der Waals surface area contributed by atoms with E-state index >= 15 is 0 Å². The summed E-state index contributed by atoms with van der Waals surface area (Å²) in [5.74, 6) is -0.300. The molecule has 2 rings (SSSR count). The van der Waals surface area contributed by atoms with Gasteiger partial charge >= 0.3 is 0 Å². The monoisotopic (exact) mass is 337 g/mol. The molecule has 0 amide bonds. The summed E-state index contributed by atoms with van der Waals surface area (Å²) in [5.41, 5.74) is 0.939. The highest BCUT2D eigenvalue weighted by Gasteiger charge is 2.29. The van der Waals surface area contributed by atoms with Gasteiger partial charge in [-0.15, -0.1) is 0 Å². The zero-order valence-corrected chi connectivity index (χ0v) is 12.8. The Morgan fingerprint density at radius 1 is 1.20 bits per heavy atom. The number of hydrogen-bond donors (Lipinski definition) is 2. The third-order valence-electron chi connectivity index (χ3n) is 3.48. The molecule has 0 aliphatic rings. The van der Waals surface area contributed by atoms with Gasteiger partial charge in [0.2, 0.25) is 0 Å². The molecule has 2 N–H and O–H groups in total. The van der Waals surface area contributed by atoms with Crippen molar-refractivity contribution in [2.24, 2.45) is 0 Å². The molecular weight excluding hydrogens is 321 g/mol. The summed E-state index contributed by atoms with van der Waals surface area (Å²) in [4.78, 5) is 0. The Bertz CT molecular complexity index is 567. The summed E-state index contributed by atoms with van der Waals surface area (Å²) in [6.45, 7) is 1.86. The van der Waals surface area contributed by atoms with Crippen LogP contribution < -0.4 is 5.32 Å². The summed E-state index contributed by atoms with van der Waals surface area (Å²) in [6.07, 6.45) is 0.642. The van der Waals surface area contributed by atoms with Gasteiger partial charge in [0, 0.05) is 10.2 Å². The maximum atomic E-state index is 13.4. The molecule has 0 aliphatic carbocycles. The van der Waals surface area contributed by atoms with E-state index < -0.39 is 5.54 Å². The summed E-state index contributed by atoms with van der Waals surface area (Å²) < 4.78 is 14.4. The highest BCUT2D eigenvalue weighted by Crippen LogP contribution is 2.30. The zero-order valence-electron chi connectivity index (χ0n) is 11.2. The number of hydrogen-bond acceptors (Lipinski definition) is 2. The van der Waals surface area contributed by atoms with Crippen LogP contribution in [0, 0.1) is 5.82 Å². The highest BCUT2D eigenvalue weighted by molar-refractivity contribution is 9.10. The van der Waals surface area contributed by atoms with E-state index in [0.717, 1.165) is 15.7 Å². The quantitative estimate of drug-likeness (QED) is 0.852. The number of anilines is 1. The number of nitrogens with one attached hydrogen (secondary N) is 1. The van der Waals surface area contributed by atoms with Crippen LogP contribution in [0.2, 0.25) is 0 Å². The van der Waals surface area contributed by atoms with Crippen LogP contribution in [0.25, 0.3) is 0 Å². The maximum Gasteiger partial charge on any atom is 0.123 e. The predicted molar refractivity (Wildman–Crippen MR) is 83.2 cm³/mol. The Morgan fingerprint density at radius 3 is 2.45 bits per heavy atom. The molecule has 20 heavy (non-hydrogen) atoms. The van der Waals surface area contributed by atoms with E-state index in [-0.39, 0.29) is 12.4 Å². The first-order valence-electron chi connectivity index (χ1n) is 6.50. The molecule has 0 aromatic heterocycles. The molecule has 0 spiro atoms. The zero-order chi connectivity index (χ0) is 14.6. The lowest BCUT2D eigenvalue weighted by molar-refractivity contribution is 0.207. The van der Waals surface area contributed by atoms with Crippen molar-refractivity contribution >= 4 is 21.6 Å². The first-order valence-corrected chi connectivity index (χ1v) is 7.29. The van der Waals surface area contributed by atoms with Gasteiger partial charge in [0.1, 0.15) is 5.82 Å². The normalized spacial score (nSPS) is 13.8. The van der Waals surface area contributed by atoms with Gasteiger partial charge in [-0.1, -0.05) is 35.0 Å². The molecular formula is C16H17BrFNO. The van der Waals surface area contributed by atoms with E-state index in [2.05, 4.69) is 21.2 Å². The van der Waals surface area contributed by atoms with E-state index in [9.17, 15) is 9.50 Å². The van der Waals surface area contributed by atoms with Crippen LogP contribution in [0.1, 0.15) is 18.9 Å². The number of aliphatic hydroxyl groups is 1. The van der Waals surface area contributed by atoms with Crippen molar-refractivity contribution in [2.45, 2.75) is 18.9 Å². The van der Waals surface area contributed by atoms with Gasteiger partial charge < -0.3 is 10.4 Å². The molecule has 0 saturated carbocycles. The Hall–Kier alpha value is -1.39. The lowest BCUT2D eigenvalue weighted by atomic mass is 9.87. The lowest BCUT2D eigenvalue weighted by Crippen LogP contribution is -2.38. The van der Waals surface area contributed by atoms with Crippen LogP contribution in [-0.2, 0) is 5.54 Å². The summed E-state index contributed by atoms with van der Waals surface area (Å²) in [6, 6.07) is 14.0. The minimum Gasteiger partial charge on any atom is -0.394 e. The van der Waals surface area contributed by atoms with Crippen LogP contribution in [0.4, 0.5) is 10.1 Å². The van der Waals surface area contributed by atoms with Gasteiger partial charge in [-0.3, -0.25) is 0 Å². The number of benzene rings is 2. The molecule has 0 fully saturated rings. The molecule has 0 saturated heterocycles. The van der Waals surface area contributed by atoms with Crippen molar-refractivity contribution in [2.75, 3.05) is 11.9 Å². The van der Waals surface area contributed by atoms with Crippen molar-refractivity contribution in [1.29, 1.82) is 0 Å². The van der Waals surface area contributed by atoms with Crippen molar-refractivity contribution in [3.63, 3.8) is 0 Å². The molecule has 4 heteroatoms. The first-order chi connectivity index (χ1) is 9.59. The molecule has 0 heterocycles. The van der Waals surface area contributed by atoms with Crippen LogP contribution in [0.3, 0.4) is 0 Å². The van der Waals surface area contributed by atoms with E-state index in [4.69, 9.17) is 0 Å². The SMILES string of the molecule is CCC(CO)(Nc1ccc(Br)cc1)c1cccc(F)c1. The van der Waals surface area contributed by atoms with Gasteiger partial charge in [0.05, 0.1) is 12.1 Å². The van der Waals surface area contributed by atoms with Gasteiger partial charge in [0.25, 0.3) is 0 Å². The van der Waals surface area contributed by atoms with Crippen LogP contribution in [0.15, 0.2) is 53.0 Å². The lowest BCUT2D eigenvalue weighted by Gasteiger charge is -2.33. The summed E-state index contributed by atoms with van der Waals surface area (Å²) in [5, 5.41) is 13.2.